The highest BCUT2D eigenvalue weighted by Gasteiger charge is 2.24. The summed E-state index contributed by atoms with van der Waals surface area (Å²) in [5, 5.41) is 1.15. The van der Waals surface area contributed by atoms with Crippen molar-refractivity contribution in [2.45, 2.75) is 30.8 Å². The zero-order valence-corrected chi connectivity index (χ0v) is 23.1. The van der Waals surface area contributed by atoms with Gasteiger partial charge in [0, 0.05) is 21.9 Å². The molecule has 0 heterocycles. The quantitative estimate of drug-likeness (QED) is 0.0852. The molecule has 0 aliphatic heterocycles. The molecule has 0 nitrogen and oxygen atoms in total. The van der Waals surface area contributed by atoms with Crippen LogP contribution in [0.25, 0.3) is 32.7 Å². The fourth-order valence-corrected chi connectivity index (χ4v) is 5.45. The van der Waals surface area contributed by atoms with Crippen LogP contribution >= 0.6 is 11.8 Å². The van der Waals surface area contributed by atoms with E-state index in [1.165, 1.54) is 29.7 Å². The molecule has 0 atom stereocenters. The largest absolute Gasteiger partial charge is 0.458 e. The summed E-state index contributed by atoms with van der Waals surface area (Å²) >= 11 is 1.86. The molecule has 210 valence electrons. The molecule has 5 rings (SSSR count). The van der Waals surface area contributed by atoms with Gasteiger partial charge in [-0.1, -0.05) is 61.4 Å². The molecule has 5 aromatic carbocycles. The van der Waals surface area contributed by atoms with Gasteiger partial charge >= 0.3 is 6.18 Å². The lowest BCUT2D eigenvalue weighted by Crippen LogP contribution is -2.03. The van der Waals surface area contributed by atoms with Gasteiger partial charge in [0.1, 0.15) is 11.6 Å². The highest BCUT2D eigenvalue weighted by molar-refractivity contribution is 7.99. The number of rotatable bonds is 5. The van der Waals surface area contributed by atoms with E-state index < -0.39 is 34.6 Å². The van der Waals surface area contributed by atoms with E-state index >= 15 is 0 Å². The fraction of sp³-hybridized carbons (Fsp3) is 0.143. The maximum absolute atomic E-state index is 14.8. The summed E-state index contributed by atoms with van der Waals surface area (Å²) in [5.41, 5.74) is 1.87. The summed E-state index contributed by atoms with van der Waals surface area (Å²) < 4.78 is 81.1. The first kappa shape index (κ1) is 29.2. The van der Waals surface area contributed by atoms with Crippen molar-refractivity contribution in [2.75, 3.05) is 5.75 Å². The molecule has 0 bridgehead atoms. The smallest absolute Gasteiger partial charge is 0.206 e. The van der Waals surface area contributed by atoms with Crippen LogP contribution in [0, 0.1) is 41.1 Å². The fourth-order valence-electron chi connectivity index (χ4n) is 4.46. The van der Waals surface area contributed by atoms with Crippen LogP contribution in [0.15, 0.2) is 83.8 Å². The number of unbranched alkanes of at least 4 members (excludes halogenated alkanes) is 1. The van der Waals surface area contributed by atoms with Crippen molar-refractivity contribution in [3.8, 4) is 34.8 Å². The third kappa shape index (κ3) is 6.75. The predicted molar refractivity (Wildman–Crippen MR) is 158 cm³/mol. The van der Waals surface area contributed by atoms with Crippen molar-refractivity contribution >= 4 is 33.3 Å². The number of benzene rings is 5. The Labute approximate surface area is 243 Å². The van der Waals surface area contributed by atoms with Gasteiger partial charge < -0.3 is 0 Å². The lowest BCUT2D eigenvalue weighted by molar-refractivity contribution is -0.0696. The van der Waals surface area contributed by atoms with E-state index in [1.807, 2.05) is 42.1 Å². The second kappa shape index (κ2) is 12.3. The summed E-state index contributed by atoms with van der Waals surface area (Å²) in [5.74, 6) is 5.19. The van der Waals surface area contributed by atoms with Gasteiger partial charge in [-0.15, -0.1) is 11.8 Å². The summed E-state index contributed by atoms with van der Waals surface area (Å²) in [4.78, 5) is 1.25. The maximum Gasteiger partial charge on any atom is 0.458 e. The molecule has 0 aromatic heterocycles. The van der Waals surface area contributed by atoms with Gasteiger partial charge in [0.25, 0.3) is 0 Å². The molecule has 0 aliphatic rings. The highest BCUT2D eigenvalue weighted by atomic mass is 32.2. The Balaban J connectivity index is 1.39. The molecular formula is C35H22F6S. The van der Waals surface area contributed by atoms with Crippen LogP contribution in [0.2, 0.25) is 0 Å². The molecule has 0 saturated carbocycles. The van der Waals surface area contributed by atoms with E-state index in [0.29, 0.717) is 5.56 Å². The normalized spacial score (nSPS) is 11.2. The Morgan fingerprint density at radius 1 is 0.667 bits per heavy atom. The average molecular weight is 589 g/mol. The number of fused-ring (bicyclic) bond motifs is 2. The minimum absolute atomic E-state index is 0.152. The van der Waals surface area contributed by atoms with Gasteiger partial charge in [-0.2, -0.15) is 13.2 Å². The number of hydrogen-bond donors (Lipinski definition) is 0. The molecule has 0 spiro atoms. The van der Waals surface area contributed by atoms with Gasteiger partial charge in [-0.05, 0) is 88.0 Å². The molecule has 5 aromatic rings. The molecule has 0 unspecified atom stereocenters. The van der Waals surface area contributed by atoms with Gasteiger partial charge in [-0.3, -0.25) is 0 Å². The second-order valence-electron chi connectivity index (χ2n) is 9.60. The molecular weight excluding hydrogens is 566 g/mol. The lowest BCUT2D eigenvalue weighted by atomic mass is 10.00. The summed E-state index contributed by atoms with van der Waals surface area (Å²) in [7, 11) is 0. The highest BCUT2D eigenvalue weighted by Crippen LogP contribution is 2.29. The van der Waals surface area contributed by atoms with Crippen LogP contribution in [-0.2, 0) is 0 Å². The second-order valence-corrected chi connectivity index (χ2v) is 10.8. The van der Waals surface area contributed by atoms with Crippen LogP contribution < -0.4 is 0 Å². The summed E-state index contributed by atoms with van der Waals surface area (Å²) in [6.45, 7) is 2.18. The van der Waals surface area contributed by atoms with Crippen LogP contribution in [0.3, 0.4) is 0 Å². The van der Waals surface area contributed by atoms with Gasteiger partial charge in [0.2, 0.25) is 0 Å². The third-order valence-corrected chi connectivity index (χ3v) is 7.65. The van der Waals surface area contributed by atoms with Crippen molar-refractivity contribution < 1.29 is 26.3 Å². The topological polar surface area (TPSA) is 0 Å². The molecule has 0 radical (unpaired) electrons. The van der Waals surface area contributed by atoms with E-state index in [2.05, 4.69) is 49.1 Å². The van der Waals surface area contributed by atoms with E-state index in [4.69, 9.17) is 0 Å². The predicted octanol–water partition coefficient (Wildman–Crippen LogP) is 10.3. The first-order valence-electron chi connectivity index (χ1n) is 13.1. The molecule has 0 amide bonds. The zero-order valence-electron chi connectivity index (χ0n) is 22.3. The minimum Gasteiger partial charge on any atom is -0.206 e. The number of halogens is 6. The van der Waals surface area contributed by atoms with Crippen molar-refractivity contribution in [3.05, 3.63) is 113 Å². The summed E-state index contributed by atoms with van der Waals surface area (Å²) in [6, 6.07) is 23.3. The lowest BCUT2D eigenvalue weighted by Gasteiger charge is -2.07. The standard InChI is InChI=1S/C35H22F6S/c1-2-3-16-42-29-12-10-24(11-13-29)26-9-8-25-17-22(6-7-27(25)20-26)4-5-23-18-28-21-31(36)30(14-15-35(39,40)41)34(38)33(28)32(37)19-23/h6-13,17-21H,2-3,16H2,1H3. The van der Waals surface area contributed by atoms with E-state index in [9.17, 15) is 26.3 Å². The monoisotopic (exact) mass is 588 g/mol. The van der Waals surface area contributed by atoms with Crippen LogP contribution in [0.4, 0.5) is 26.3 Å². The Morgan fingerprint density at radius 2 is 1.33 bits per heavy atom. The molecule has 42 heavy (non-hydrogen) atoms. The molecule has 7 heteroatoms. The molecule has 0 N–H and O–H groups in total. The van der Waals surface area contributed by atoms with Crippen LogP contribution in [0.1, 0.15) is 36.5 Å². The van der Waals surface area contributed by atoms with Crippen LogP contribution in [-0.4, -0.2) is 11.9 Å². The SMILES string of the molecule is CCCCSc1ccc(-c2ccc3cc(C#Cc4cc(F)c5c(F)c(C#CC(F)(F)F)c(F)cc5c4)ccc3c2)cc1. The molecule has 0 saturated heterocycles. The Kier molecular flexibility index (Phi) is 8.52. The Morgan fingerprint density at radius 3 is 2.07 bits per heavy atom. The third-order valence-electron chi connectivity index (χ3n) is 6.56. The van der Waals surface area contributed by atoms with E-state index in [0.717, 1.165) is 45.7 Å². The minimum atomic E-state index is -4.95. The van der Waals surface area contributed by atoms with Gasteiger partial charge in [0.05, 0.1) is 10.9 Å². The molecule has 0 aliphatic carbocycles. The first-order valence-corrected chi connectivity index (χ1v) is 14.1. The van der Waals surface area contributed by atoms with Crippen LogP contribution in [0.5, 0.6) is 0 Å². The van der Waals surface area contributed by atoms with Gasteiger partial charge in [0.15, 0.2) is 5.82 Å². The maximum atomic E-state index is 14.8. The number of hydrogen-bond acceptors (Lipinski definition) is 1. The number of alkyl halides is 3. The van der Waals surface area contributed by atoms with E-state index in [1.54, 1.807) is 0 Å². The number of thioether (sulfide) groups is 1. The van der Waals surface area contributed by atoms with Gasteiger partial charge in [-0.25, -0.2) is 13.2 Å². The average Bonchev–Trinajstić information content (AvgIpc) is 2.95. The molecule has 0 fully saturated rings. The van der Waals surface area contributed by atoms with Crippen molar-refractivity contribution in [1.29, 1.82) is 0 Å². The van der Waals surface area contributed by atoms with E-state index in [-0.39, 0.29) is 10.9 Å². The first-order chi connectivity index (χ1) is 20.1. The Hall–Kier alpha value is -4.33. The zero-order chi connectivity index (χ0) is 29.9. The van der Waals surface area contributed by atoms with Crippen molar-refractivity contribution in [3.63, 3.8) is 0 Å². The summed E-state index contributed by atoms with van der Waals surface area (Å²) in [6.07, 6.45) is -2.58. The van der Waals surface area contributed by atoms with Crippen molar-refractivity contribution in [2.24, 2.45) is 0 Å². The Bertz CT molecular complexity index is 1920. The van der Waals surface area contributed by atoms with Crippen molar-refractivity contribution in [1.82, 2.24) is 0 Å².